The van der Waals surface area contributed by atoms with Crippen molar-refractivity contribution in [2.24, 2.45) is 0 Å². The molecule has 2 N–H and O–H groups in total. The lowest BCUT2D eigenvalue weighted by Crippen LogP contribution is -2.35. The van der Waals surface area contributed by atoms with Crippen LogP contribution in [-0.4, -0.2) is 41.4 Å². The van der Waals surface area contributed by atoms with Gasteiger partial charge in [0.25, 0.3) is 0 Å². The summed E-state index contributed by atoms with van der Waals surface area (Å²) in [4.78, 5) is 19.6. The zero-order valence-electron chi connectivity index (χ0n) is 12.4. The molecule has 7 nitrogen and oxygen atoms in total. The fourth-order valence-electron chi connectivity index (χ4n) is 1.31. The molecule has 0 aromatic carbocycles. The molecular weight excluding hydrogens is 260 g/mol. The molecule has 0 aliphatic heterocycles. The number of nitrogens with zero attached hydrogens (tertiary/aromatic N) is 2. The number of alkyl carbamates (subject to hydrolysis) is 1. The lowest BCUT2D eigenvalue weighted by Gasteiger charge is -2.19. The molecule has 0 bridgehead atoms. The number of hydrogen-bond donors (Lipinski definition) is 2. The largest absolute Gasteiger partial charge is 0.478 e. The van der Waals surface area contributed by atoms with Crippen molar-refractivity contribution in [2.75, 3.05) is 25.0 Å². The Labute approximate surface area is 119 Å². The Kier molecular flexibility index (Phi) is 6.02. The van der Waals surface area contributed by atoms with Crippen LogP contribution in [0.15, 0.2) is 12.3 Å². The average Bonchev–Trinajstić information content (AvgIpc) is 2.33. The summed E-state index contributed by atoms with van der Waals surface area (Å²) >= 11 is 0. The van der Waals surface area contributed by atoms with E-state index in [0.717, 1.165) is 0 Å². The molecule has 0 unspecified atom stereocenters. The normalized spacial score (nSPS) is 10.8. The van der Waals surface area contributed by atoms with Gasteiger partial charge < -0.3 is 20.1 Å². The zero-order chi connectivity index (χ0) is 15.0. The summed E-state index contributed by atoms with van der Waals surface area (Å²) in [6.07, 6.45) is 1.17. The minimum absolute atomic E-state index is 0.414. The van der Waals surface area contributed by atoms with Crippen molar-refractivity contribution in [1.29, 1.82) is 0 Å². The number of nitrogens with one attached hydrogen (secondary N) is 2. The number of amides is 1. The summed E-state index contributed by atoms with van der Waals surface area (Å²) < 4.78 is 10.4. The van der Waals surface area contributed by atoms with E-state index in [2.05, 4.69) is 20.6 Å². The molecule has 1 aromatic rings. The van der Waals surface area contributed by atoms with Crippen molar-refractivity contribution in [3.05, 3.63) is 12.3 Å². The molecule has 0 aliphatic rings. The summed E-state index contributed by atoms with van der Waals surface area (Å²) in [5, 5.41) is 5.63. The van der Waals surface area contributed by atoms with E-state index in [1.807, 2.05) is 27.7 Å². The summed E-state index contributed by atoms with van der Waals surface area (Å²) in [6, 6.07) is 1.69. The smallest absolute Gasteiger partial charge is 0.407 e. The minimum Gasteiger partial charge on any atom is -0.478 e. The quantitative estimate of drug-likeness (QED) is 0.774. The molecule has 1 rings (SSSR count). The minimum atomic E-state index is -0.494. The van der Waals surface area contributed by atoms with E-state index in [1.165, 1.54) is 0 Å². The first-order valence-corrected chi connectivity index (χ1v) is 6.57. The van der Waals surface area contributed by atoms with Crippen molar-refractivity contribution < 1.29 is 14.3 Å². The molecule has 112 valence electrons. The maximum Gasteiger partial charge on any atom is 0.407 e. The van der Waals surface area contributed by atoms with Crippen LogP contribution in [0, 0.1) is 0 Å². The third kappa shape index (κ3) is 6.77. The van der Waals surface area contributed by atoms with E-state index in [4.69, 9.17) is 9.47 Å². The highest BCUT2D eigenvalue weighted by Crippen LogP contribution is 2.08. The summed E-state index contributed by atoms with van der Waals surface area (Å²) in [7, 11) is 0. The van der Waals surface area contributed by atoms with Gasteiger partial charge in [-0.1, -0.05) is 0 Å². The second-order valence-corrected chi connectivity index (χ2v) is 5.01. The van der Waals surface area contributed by atoms with Gasteiger partial charge in [-0.2, -0.15) is 4.98 Å². The van der Waals surface area contributed by atoms with Gasteiger partial charge in [-0.3, -0.25) is 0 Å². The number of carbonyl (C=O) groups is 1. The molecule has 0 atom stereocenters. The Balaban J connectivity index is 2.27. The zero-order valence-corrected chi connectivity index (χ0v) is 12.4. The van der Waals surface area contributed by atoms with Crippen molar-refractivity contribution >= 4 is 12.0 Å². The molecule has 0 fully saturated rings. The van der Waals surface area contributed by atoms with Gasteiger partial charge in [0, 0.05) is 25.4 Å². The molecule has 1 amide bonds. The molecule has 0 radical (unpaired) electrons. The van der Waals surface area contributed by atoms with E-state index in [0.29, 0.717) is 31.5 Å². The molecular formula is C13H22N4O3. The number of hydrogen-bond acceptors (Lipinski definition) is 6. The van der Waals surface area contributed by atoms with Gasteiger partial charge in [-0.15, -0.1) is 0 Å². The molecule has 7 heteroatoms. The van der Waals surface area contributed by atoms with E-state index >= 15 is 0 Å². The van der Waals surface area contributed by atoms with Crippen LogP contribution in [0.4, 0.5) is 10.7 Å². The maximum atomic E-state index is 11.4. The third-order valence-electron chi connectivity index (χ3n) is 2.00. The van der Waals surface area contributed by atoms with Crippen LogP contribution in [0.5, 0.6) is 5.88 Å². The molecule has 0 aliphatic carbocycles. The summed E-state index contributed by atoms with van der Waals surface area (Å²) in [5.41, 5.74) is -0.494. The number of ether oxygens (including phenoxy) is 2. The lowest BCUT2D eigenvalue weighted by molar-refractivity contribution is 0.0530. The van der Waals surface area contributed by atoms with Crippen LogP contribution in [-0.2, 0) is 4.74 Å². The molecule has 0 saturated carbocycles. The third-order valence-corrected chi connectivity index (χ3v) is 2.00. The number of aromatic nitrogens is 2. The van der Waals surface area contributed by atoms with Crippen LogP contribution in [0.3, 0.4) is 0 Å². The Morgan fingerprint density at radius 1 is 1.35 bits per heavy atom. The van der Waals surface area contributed by atoms with Crippen molar-refractivity contribution in [2.45, 2.75) is 33.3 Å². The van der Waals surface area contributed by atoms with E-state index < -0.39 is 11.7 Å². The fraction of sp³-hybridized carbons (Fsp3) is 0.615. The topological polar surface area (TPSA) is 85.4 Å². The first-order chi connectivity index (χ1) is 9.40. The van der Waals surface area contributed by atoms with E-state index in [1.54, 1.807) is 12.3 Å². The standard InChI is InChI=1S/C13H22N4O3/c1-5-19-10-6-7-14-11(17-10)15-8-9-16-12(18)20-13(2,3)4/h6-7H,5,8-9H2,1-4H3,(H,16,18)(H,14,15,17). The van der Waals surface area contributed by atoms with Crippen LogP contribution in [0.25, 0.3) is 0 Å². The van der Waals surface area contributed by atoms with Gasteiger partial charge in [0.2, 0.25) is 11.8 Å². The predicted molar refractivity (Wildman–Crippen MR) is 75.9 cm³/mol. The Bertz CT molecular complexity index is 432. The summed E-state index contributed by atoms with van der Waals surface area (Å²) in [6.45, 7) is 8.80. The van der Waals surface area contributed by atoms with Crippen LogP contribution in [0.2, 0.25) is 0 Å². The predicted octanol–water partition coefficient (Wildman–Crippen LogP) is 1.81. The van der Waals surface area contributed by atoms with Crippen LogP contribution in [0.1, 0.15) is 27.7 Å². The second kappa shape index (κ2) is 7.52. The number of carbonyl (C=O) groups excluding carboxylic acids is 1. The molecule has 0 saturated heterocycles. The van der Waals surface area contributed by atoms with Gasteiger partial charge in [0.05, 0.1) is 6.61 Å². The van der Waals surface area contributed by atoms with Crippen molar-refractivity contribution in [3.8, 4) is 5.88 Å². The first-order valence-electron chi connectivity index (χ1n) is 6.57. The highest BCUT2D eigenvalue weighted by atomic mass is 16.6. The van der Waals surface area contributed by atoms with Crippen LogP contribution < -0.4 is 15.4 Å². The maximum absolute atomic E-state index is 11.4. The van der Waals surface area contributed by atoms with Gasteiger partial charge in [0.1, 0.15) is 5.60 Å². The van der Waals surface area contributed by atoms with Crippen molar-refractivity contribution in [1.82, 2.24) is 15.3 Å². The van der Waals surface area contributed by atoms with Gasteiger partial charge in [0.15, 0.2) is 0 Å². The van der Waals surface area contributed by atoms with E-state index in [9.17, 15) is 4.79 Å². The van der Waals surface area contributed by atoms with Crippen LogP contribution >= 0.6 is 0 Å². The molecule has 20 heavy (non-hydrogen) atoms. The van der Waals surface area contributed by atoms with E-state index in [-0.39, 0.29) is 0 Å². The Hall–Kier alpha value is -2.05. The lowest BCUT2D eigenvalue weighted by atomic mass is 10.2. The monoisotopic (exact) mass is 282 g/mol. The highest BCUT2D eigenvalue weighted by molar-refractivity contribution is 5.67. The van der Waals surface area contributed by atoms with Gasteiger partial charge >= 0.3 is 6.09 Å². The molecule has 1 aromatic heterocycles. The number of anilines is 1. The van der Waals surface area contributed by atoms with Gasteiger partial charge in [-0.05, 0) is 27.7 Å². The Morgan fingerprint density at radius 2 is 2.10 bits per heavy atom. The number of rotatable bonds is 6. The van der Waals surface area contributed by atoms with Gasteiger partial charge in [-0.25, -0.2) is 9.78 Å². The molecule has 0 spiro atoms. The fourth-order valence-corrected chi connectivity index (χ4v) is 1.31. The highest BCUT2D eigenvalue weighted by Gasteiger charge is 2.15. The SMILES string of the molecule is CCOc1ccnc(NCCNC(=O)OC(C)(C)C)n1. The average molecular weight is 282 g/mol. The molecule has 1 heterocycles. The second-order valence-electron chi connectivity index (χ2n) is 5.01. The summed E-state index contributed by atoms with van der Waals surface area (Å²) in [5.74, 6) is 0.979. The first kappa shape index (κ1) is 16.0. The Morgan fingerprint density at radius 3 is 2.75 bits per heavy atom. The van der Waals surface area contributed by atoms with Crippen molar-refractivity contribution in [3.63, 3.8) is 0 Å².